The van der Waals surface area contributed by atoms with E-state index in [-0.39, 0.29) is 29.5 Å². The molecule has 4 rings (SSSR count). The third-order valence-corrected chi connectivity index (χ3v) is 6.24. The number of furan rings is 1. The Morgan fingerprint density at radius 2 is 1.94 bits per heavy atom. The summed E-state index contributed by atoms with van der Waals surface area (Å²) in [6.07, 6.45) is 2.86. The quantitative estimate of drug-likeness (QED) is 0.445. The van der Waals surface area contributed by atoms with E-state index >= 15 is 0 Å². The van der Waals surface area contributed by atoms with E-state index in [9.17, 15) is 19.2 Å². The first-order valence-corrected chi connectivity index (χ1v) is 12.0. The summed E-state index contributed by atoms with van der Waals surface area (Å²) in [7, 11) is 0. The van der Waals surface area contributed by atoms with Crippen LogP contribution in [0.15, 0.2) is 52.5 Å². The number of rotatable bonds is 9. The highest BCUT2D eigenvalue weighted by molar-refractivity contribution is 7.15. The van der Waals surface area contributed by atoms with Crippen molar-refractivity contribution >= 4 is 45.8 Å². The molecule has 0 unspecified atom stereocenters. The van der Waals surface area contributed by atoms with Crippen molar-refractivity contribution < 1.29 is 33.1 Å². The van der Waals surface area contributed by atoms with Crippen molar-refractivity contribution in [2.24, 2.45) is 0 Å². The summed E-state index contributed by atoms with van der Waals surface area (Å²) in [4.78, 5) is 50.7. The largest absolute Gasteiger partial charge is 0.464 e. The van der Waals surface area contributed by atoms with Gasteiger partial charge in [-0.2, -0.15) is 0 Å². The first kappa shape index (κ1) is 24.2. The van der Waals surface area contributed by atoms with E-state index in [1.54, 1.807) is 53.6 Å². The molecule has 9 nitrogen and oxygen atoms in total. The van der Waals surface area contributed by atoms with Crippen LogP contribution in [0.1, 0.15) is 35.7 Å². The first-order valence-electron chi connectivity index (χ1n) is 11.1. The Kier molecular flexibility index (Phi) is 7.61. The number of amides is 2. The Morgan fingerprint density at radius 3 is 2.60 bits per heavy atom. The fourth-order valence-corrected chi connectivity index (χ4v) is 4.66. The van der Waals surface area contributed by atoms with E-state index in [4.69, 9.17) is 13.9 Å². The fraction of sp³-hybridized carbons (Fsp3) is 0.280. The number of ether oxygens (including phenoxy) is 2. The highest BCUT2D eigenvalue weighted by Crippen LogP contribution is 2.36. The zero-order valence-electron chi connectivity index (χ0n) is 19.1. The molecule has 1 aliphatic heterocycles. The van der Waals surface area contributed by atoms with Gasteiger partial charge >= 0.3 is 11.9 Å². The van der Waals surface area contributed by atoms with Gasteiger partial charge in [0.25, 0.3) is 5.91 Å². The van der Waals surface area contributed by atoms with E-state index in [0.717, 1.165) is 23.4 Å². The smallest absolute Gasteiger partial charge is 0.341 e. The highest BCUT2D eigenvalue weighted by Gasteiger charge is 2.25. The fourth-order valence-electron chi connectivity index (χ4n) is 3.71. The molecule has 1 aliphatic rings. The number of nitrogens with one attached hydrogen (secondary N) is 1. The van der Waals surface area contributed by atoms with E-state index in [0.29, 0.717) is 29.9 Å². The second-order valence-electron chi connectivity index (χ2n) is 7.75. The zero-order valence-corrected chi connectivity index (χ0v) is 19.9. The van der Waals surface area contributed by atoms with Crippen LogP contribution in [-0.4, -0.2) is 43.5 Å². The molecular weight excluding hydrogens is 472 g/mol. The van der Waals surface area contributed by atoms with Gasteiger partial charge in [-0.05, 0) is 43.2 Å². The summed E-state index contributed by atoms with van der Waals surface area (Å²) in [5.74, 6) is -1.18. The summed E-state index contributed by atoms with van der Waals surface area (Å²) < 4.78 is 15.6. The molecule has 3 heterocycles. The molecule has 0 aliphatic carbocycles. The van der Waals surface area contributed by atoms with Gasteiger partial charge < -0.3 is 24.1 Å². The van der Waals surface area contributed by atoms with Gasteiger partial charge in [-0.25, -0.2) is 4.79 Å². The Bertz CT molecular complexity index is 1220. The number of thiophene rings is 1. The standard InChI is InChI=1S/C25H24N2O7S/c1-2-32-25(31)23-18(19-5-4-12-33-19)15-35-24(23)26-20(28)14-34-22(30)13-16-7-9-17(10-8-16)27-11-3-6-21(27)29/h4-5,7-10,12,15H,2-3,6,11,13-14H2,1H3,(H,26,28). The number of anilines is 2. The SMILES string of the molecule is CCOC(=O)c1c(-c2ccco2)csc1NC(=O)COC(=O)Cc1ccc(N2CCCC2=O)cc1. The van der Waals surface area contributed by atoms with Crippen molar-refractivity contribution in [2.45, 2.75) is 26.2 Å². The minimum Gasteiger partial charge on any atom is -0.464 e. The Labute approximate surface area is 205 Å². The molecule has 3 aromatic rings. The lowest BCUT2D eigenvalue weighted by Gasteiger charge is -2.15. The van der Waals surface area contributed by atoms with Gasteiger partial charge in [0, 0.05) is 29.6 Å². The summed E-state index contributed by atoms with van der Waals surface area (Å²) in [5.41, 5.74) is 2.19. The van der Waals surface area contributed by atoms with Gasteiger partial charge in [0.05, 0.1) is 19.3 Å². The number of carbonyl (C=O) groups is 4. The predicted octanol–water partition coefficient (Wildman–Crippen LogP) is 4.04. The van der Waals surface area contributed by atoms with Crippen LogP contribution in [0.4, 0.5) is 10.7 Å². The molecule has 1 N–H and O–H groups in total. The van der Waals surface area contributed by atoms with Gasteiger partial charge in [-0.1, -0.05) is 12.1 Å². The molecule has 0 atom stereocenters. The second-order valence-corrected chi connectivity index (χ2v) is 8.63. The van der Waals surface area contributed by atoms with Crippen molar-refractivity contribution in [1.82, 2.24) is 0 Å². The maximum Gasteiger partial charge on any atom is 0.341 e. The van der Waals surface area contributed by atoms with Crippen molar-refractivity contribution in [3.05, 3.63) is 59.2 Å². The van der Waals surface area contributed by atoms with Gasteiger partial charge in [0.15, 0.2) is 6.61 Å². The summed E-state index contributed by atoms with van der Waals surface area (Å²) in [6.45, 7) is 2.05. The van der Waals surface area contributed by atoms with Crippen LogP contribution in [-0.2, 0) is 30.3 Å². The number of esters is 2. The molecule has 1 aromatic carbocycles. The highest BCUT2D eigenvalue weighted by atomic mass is 32.1. The first-order chi connectivity index (χ1) is 17.0. The molecule has 1 fully saturated rings. The van der Waals surface area contributed by atoms with Crippen molar-refractivity contribution in [3.63, 3.8) is 0 Å². The van der Waals surface area contributed by atoms with Crippen molar-refractivity contribution in [1.29, 1.82) is 0 Å². The molecule has 10 heteroatoms. The monoisotopic (exact) mass is 496 g/mol. The van der Waals surface area contributed by atoms with E-state index in [2.05, 4.69) is 5.32 Å². The lowest BCUT2D eigenvalue weighted by molar-refractivity contribution is -0.146. The Balaban J connectivity index is 1.33. The second kappa shape index (κ2) is 11.0. The number of hydrogen-bond donors (Lipinski definition) is 1. The number of hydrogen-bond acceptors (Lipinski definition) is 8. The van der Waals surface area contributed by atoms with E-state index in [1.165, 1.54) is 6.26 Å². The molecule has 0 radical (unpaired) electrons. The molecule has 182 valence electrons. The average Bonchev–Trinajstić information content (AvgIpc) is 3.59. The van der Waals surface area contributed by atoms with Crippen LogP contribution >= 0.6 is 11.3 Å². The molecule has 0 spiro atoms. The van der Waals surface area contributed by atoms with Crippen LogP contribution in [0.3, 0.4) is 0 Å². The molecule has 35 heavy (non-hydrogen) atoms. The molecular formula is C25H24N2O7S. The molecule has 1 saturated heterocycles. The number of nitrogens with zero attached hydrogens (tertiary/aromatic N) is 1. The van der Waals surface area contributed by atoms with Gasteiger partial charge in [-0.15, -0.1) is 11.3 Å². The van der Waals surface area contributed by atoms with E-state index < -0.39 is 24.5 Å². The zero-order chi connectivity index (χ0) is 24.8. The lowest BCUT2D eigenvalue weighted by Crippen LogP contribution is -2.23. The van der Waals surface area contributed by atoms with Crippen LogP contribution in [0.2, 0.25) is 0 Å². The van der Waals surface area contributed by atoms with E-state index in [1.807, 2.05) is 0 Å². The normalized spacial score (nSPS) is 13.1. The molecule has 0 bridgehead atoms. The third kappa shape index (κ3) is 5.78. The summed E-state index contributed by atoms with van der Waals surface area (Å²) >= 11 is 1.14. The molecule has 2 amide bonds. The van der Waals surface area contributed by atoms with Crippen LogP contribution in [0, 0.1) is 0 Å². The lowest BCUT2D eigenvalue weighted by atomic mass is 10.1. The Hall–Kier alpha value is -3.92. The minimum atomic E-state index is -0.591. The van der Waals surface area contributed by atoms with Crippen LogP contribution in [0.25, 0.3) is 11.3 Å². The summed E-state index contributed by atoms with van der Waals surface area (Å²) in [5, 5.41) is 4.58. The number of carbonyl (C=O) groups excluding carboxylic acids is 4. The van der Waals surface area contributed by atoms with Crippen LogP contribution < -0.4 is 10.2 Å². The van der Waals surface area contributed by atoms with Crippen molar-refractivity contribution in [3.8, 4) is 11.3 Å². The molecule has 0 saturated carbocycles. The predicted molar refractivity (Wildman–Crippen MR) is 129 cm³/mol. The van der Waals surface area contributed by atoms with Gasteiger partial charge in [-0.3, -0.25) is 14.4 Å². The average molecular weight is 497 g/mol. The Morgan fingerprint density at radius 1 is 1.14 bits per heavy atom. The van der Waals surface area contributed by atoms with Gasteiger partial charge in [0.2, 0.25) is 5.91 Å². The number of benzene rings is 1. The van der Waals surface area contributed by atoms with Crippen molar-refractivity contribution in [2.75, 3.05) is 30.0 Å². The molecule has 2 aromatic heterocycles. The maximum absolute atomic E-state index is 12.5. The van der Waals surface area contributed by atoms with Gasteiger partial charge in [0.1, 0.15) is 16.3 Å². The maximum atomic E-state index is 12.5. The third-order valence-electron chi connectivity index (χ3n) is 5.34. The minimum absolute atomic E-state index is 0.0166. The summed E-state index contributed by atoms with van der Waals surface area (Å²) in [6, 6.07) is 10.5. The van der Waals surface area contributed by atoms with Crippen LogP contribution in [0.5, 0.6) is 0 Å². The topological polar surface area (TPSA) is 115 Å².